The third kappa shape index (κ3) is 6.62. The first kappa shape index (κ1) is 11.9. The molecule has 12 heavy (non-hydrogen) atoms. The van der Waals surface area contributed by atoms with Crippen LogP contribution in [0.25, 0.3) is 0 Å². The number of rotatable bonds is 5. The third-order valence-corrected chi connectivity index (χ3v) is 1.72. The van der Waals surface area contributed by atoms with Gasteiger partial charge in [0, 0.05) is 18.7 Å². The van der Waals surface area contributed by atoms with E-state index >= 15 is 0 Å². The van der Waals surface area contributed by atoms with E-state index in [4.69, 9.17) is 4.74 Å². The number of hydrogen-bond donors (Lipinski definition) is 1. The van der Waals surface area contributed by atoms with E-state index in [1.54, 1.807) is 0 Å². The minimum Gasteiger partial charge on any atom is -0.377 e. The molecule has 1 unspecified atom stereocenters. The number of ether oxygens (including phenoxy) is 1. The molecule has 0 saturated heterocycles. The molecule has 0 aliphatic rings. The van der Waals surface area contributed by atoms with Gasteiger partial charge in [-0.3, -0.25) is 0 Å². The Bertz CT molecular complexity index is 107. The Hall–Kier alpha value is -0.0800. The fourth-order valence-electron chi connectivity index (χ4n) is 0.977. The normalized spacial score (nSPS) is 14.8. The number of hydrogen-bond acceptors (Lipinski definition) is 2. The molecule has 0 radical (unpaired) electrons. The molecule has 0 aliphatic carbocycles. The topological polar surface area (TPSA) is 21.3 Å². The van der Waals surface area contributed by atoms with E-state index in [1.807, 2.05) is 6.92 Å². The monoisotopic (exact) mass is 173 g/mol. The van der Waals surface area contributed by atoms with Crippen molar-refractivity contribution in [1.29, 1.82) is 0 Å². The largest absolute Gasteiger partial charge is 0.377 e. The molecule has 2 nitrogen and oxygen atoms in total. The molecule has 0 aromatic rings. The molecule has 1 atom stereocenters. The molecule has 0 fully saturated rings. The van der Waals surface area contributed by atoms with E-state index in [-0.39, 0.29) is 5.54 Å². The summed E-state index contributed by atoms with van der Waals surface area (Å²) in [4.78, 5) is 0. The maximum absolute atomic E-state index is 5.52. The molecule has 74 valence electrons. The van der Waals surface area contributed by atoms with Gasteiger partial charge in [-0.15, -0.1) is 0 Å². The van der Waals surface area contributed by atoms with Gasteiger partial charge >= 0.3 is 0 Å². The second-order valence-corrected chi connectivity index (χ2v) is 4.12. The summed E-state index contributed by atoms with van der Waals surface area (Å²) in [6.45, 7) is 12.5. The van der Waals surface area contributed by atoms with Crippen LogP contribution in [-0.2, 0) is 4.74 Å². The highest BCUT2D eigenvalue weighted by Crippen LogP contribution is 2.02. The first-order chi connectivity index (χ1) is 5.49. The van der Waals surface area contributed by atoms with Gasteiger partial charge in [0.15, 0.2) is 0 Å². The molecule has 0 saturated carbocycles. The van der Waals surface area contributed by atoms with Gasteiger partial charge in [0.2, 0.25) is 0 Å². The van der Waals surface area contributed by atoms with Crippen LogP contribution in [0.4, 0.5) is 0 Å². The van der Waals surface area contributed by atoms with E-state index in [0.717, 1.165) is 19.6 Å². The quantitative estimate of drug-likeness (QED) is 0.688. The van der Waals surface area contributed by atoms with Crippen LogP contribution in [-0.4, -0.2) is 24.8 Å². The zero-order valence-electron chi connectivity index (χ0n) is 9.11. The average Bonchev–Trinajstić information content (AvgIpc) is 1.96. The average molecular weight is 173 g/mol. The molecule has 0 aromatic heterocycles. The highest BCUT2D eigenvalue weighted by Gasteiger charge is 2.12. The van der Waals surface area contributed by atoms with Crippen molar-refractivity contribution in [2.75, 3.05) is 13.2 Å². The van der Waals surface area contributed by atoms with Gasteiger partial charge in [-0.05, 0) is 34.1 Å². The molecule has 0 aromatic carbocycles. The second kappa shape index (κ2) is 5.55. The summed E-state index contributed by atoms with van der Waals surface area (Å²) < 4.78 is 5.52. The third-order valence-electron chi connectivity index (χ3n) is 1.72. The molecule has 0 bridgehead atoms. The molecule has 2 heteroatoms. The van der Waals surface area contributed by atoms with Crippen molar-refractivity contribution in [1.82, 2.24) is 5.32 Å². The van der Waals surface area contributed by atoms with Gasteiger partial charge < -0.3 is 10.1 Å². The Kier molecular flexibility index (Phi) is 5.51. The standard InChI is InChI=1S/C10H23NO/c1-6-9(12-7-2)8-11-10(3,4)5/h9,11H,6-8H2,1-5H3. The maximum Gasteiger partial charge on any atom is 0.0696 e. The van der Waals surface area contributed by atoms with Crippen LogP contribution in [0, 0.1) is 0 Å². The van der Waals surface area contributed by atoms with Crippen molar-refractivity contribution in [3.05, 3.63) is 0 Å². The fraction of sp³-hybridized carbons (Fsp3) is 1.00. The molecule has 0 amide bonds. The summed E-state index contributed by atoms with van der Waals surface area (Å²) in [5.74, 6) is 0. The molecular weight excluding hydrogens is 150 g/mol. The fourth-order valence-corrected chi connectivity index (χ4v) is 0.977. The van der Waals surface area contributed by atoms with Gasteiger partial charge in [0.1, 0.15) is 0 Å². The van der Waals surface area contributed by atoms with Crippen molar-refractivity contribution in [2.24, 2.45) is 0 Å². The zero-order chi connectivity index (χ0) is 9.61. The lowest BCUT2D eigenvalue weighted by atomic mass is 10.1. The second-order valence-electron chi connectivity index (χ2n) is 4.12. The van der Waals surface area contributed by atoms with E-state index < -0.39 is 0 Å². The van der Waals surface area contributed by atoms with Crippen molar-refractivity contribution < 1.29 is 4.74 Å². The maximum atomic E-state index is 5.52. The molecule has 0 spiro atoms. The van der Waals surface area contributed by atoms with E-state index in [1.165, 1.54) is 0 Å². The van der Waals surface area contributed by atoms with Crippen LogP contribution in [0.5, 0.6) is 0 Å². The van der Waals surface area contributed by atoms with Gasteiger partial charge in [0.05, 0.1) is 6.10 Å². The minimum absolute atomic E-state index is 0.199. The lowest BCUT2D eigenvalue weighted by molar-refractivity contribution is 0.0557. The molecule has 0 heterocycles. The summed E-state index contributed by atoms with van der Waals surface area (Å²) in [7, 11) is 0. The predicted octanol–water partition coefficient (Wildman–Crippen LogP) is 2.19. The van der Waals surface area contributed by atoms with Gasteiger partial charge in [-0.25, -0.2) is 0 Å². The lowest BCUT2D eigenvalue weighted by Gasteiger charge is -2.24. The Labute approximate surface area is 76.7 Å². The molecule has 1 N–H and O–H groups in total. The summed E-state index contributed by atoms with van der Waals surface area (Å²) in [5, 5.41) is 3.43. The SMILES string of the molecule is CCOC(CC)CNC(C)(C)C. The minimum atomic E-state index is 0.199. The smallest absolute Gasteiger partial charge is 0.0696 e. The Balaban J connectivity index is 3.58. The zero-order valence-corrected chi connectivity index (χ0v) is 9.11. The van der Waals surface area contributed by atoms with Crippen LogP contribution >= 0.6 is 0 Å². The van der Waals surface area contributed by atoms with Gasteiger partial charge in [0.25, 0.3) is 0 Å². The molecular formula is C10H23NO. The Morgan fingerprint density at radius 1 is 1.25 bits per heavy atom. The van der Waals surface area contributed by atoms with Gasteiger partial charge in [-0.2, -0.15) is 0 Å². The number of nitrogens with one attached hydrogen (secondary N) is 1. The van der Waals surface area contributed by atoms with Crippen molar-refractivity contribution in [3.63, 3.8) is 0 Å². The predicted molar refractivity (Wildman–Crippen MR) is 53.5 cm³/mol. The molecule has 0 aliphatic heterocycles. The van der Waals surface area contributed by atoms with Crippen molar-refractivity contribution in [2.45, 2.75) is 52.7 Å². The van der Waals surface area contributed by atoms with E-state index in [2.05, 4.69) is 33.0 Å². The molecule has 0 rings (SSSR count). The summed E-state index contributed by atoms with van der Waals surface area (Å²) in [5.41, 5.74) is 0.199. The summed E-state index contributed by atoms with van der Waals surface area (Å²) in [6, 6.07) is 0. The summed E-state index contributed by atoms with van der Waals surface area (Å²) in [6.07, 6.45) is 1.45. The van der Waals surface area contributed by atoms with Gasteiger partial charge in [-0.1, -0.05) is 6.92 Å². The Morgan fingerprint density at radius 3 is 2.17 bits per heavy atom. The first-order valence-electron chi connectivity index (χ1n) is 4.86. The highest BCUT2D eigenvalue weighted by molar-refractivity contribution is 4.72. The van der Waals surface area contributed by atoms with Crippen LogP contribution in [0.15, 0.2) is 0 Å². The highest BCUT2D eigenvalue weighted by atomic mass is 16.5. The van der Waals surface area contributed by atoms with Crippen LogP contribution in [0.2, 0.25) is 0 Å². The van der Waals surface area contributed by atoms with Crippen LogP contribution in [0.1, 0.15) is 41.0 Å². The summed E-state index contributed by atoms with van der Waals surface area (Å²) >= 11 is 0. The van der Waals surface area contributed by atoms with E-state index in [9.17, 15) is 0 Å². The lowest BCUT2D eigenvalue weighted by Crippen LogP contribution is -2.41. The van der Waals surface area contributed by atoms with Crippen LogP contribution in [0.3, 0.4) is 0 Å². The van der Waals surface area contributed by atoms with E-state index in [0.29, 0.717) is 6.10 Å². The first-order valence-corrected chi connectivity index (χ1v) is 4.86. The van der Waals surface area contributed by atoms with Crippen LogP contribution < -0.4 is 5.32 Å². The van der Waals surface area contributed by atoms with Crippen molar-refractivity contribution in [3.8, 4) is 0 Å². The van der Waals surface area contributed by atoms with Crippen molar-refractivity contribution >= 4 is 0 Å². The Morgan fingerprint density at radius 2 is 1.83 bits per heavy atom.